The lowest BCUT2D eigenvalue weighted by Crippen LogP contribution is -1.95. The summed E-state index contributed by atoms with van der Waals surface area (Å²) in [5.74, 6) is 0.718. The zero-order chi connectivity index (χ0) is 22.2. The summed E-state index contributed by atoms with van der Waals surface area (Å²) in [7, 11) is 0. The molecule has 0 saturated carbocycles. The topological polar surface area (TPSA) is 62.6 Å². The largest absolute Gasteiger partial charge is 0.508 e. The first-order chi connectivity index (χ1) is 15.5. The van der Waals surface area contributed by atoms with Gasteiger partial charge in [0.2, 0.25) is 0 Å². The number of rotatable bonds is 4. The van der Waals surface area contributed by atoms with E-state index in [0.717, 1.165) is 44.1 Å². The molecule has 2 N–H and O–H groups in total. The number of fused-ring (bicyclic) bond motifs is 3. The van der Waals surface area contributed by atoms with Gasteiger partial charge in [-0.25, -0.2) is 4.98 Å². The standard InChI is InChI=1S/C27H20BrNO3/c1-2-32-25-14-18(13-22(28)27(25)31)21-15-24(17-7-10-19(30)11-8-17)29-23-12-9-16-5-3-4-6-20(16)26(21)23/h3-15,30-31H,2H2,1H3. The maximum Gasteiger partial charge on any atom is 0.172 e. The third kappa shape index (κ3) is 3.55. The molecule has 4 aromatic carbocycles. The molecule has 0 aliphatic heterocycles. The lowest BCUT2D eigenvalue weighted by atomic mass is 9.94. The Balaban J connectivity index is 1.87. The Bertz CT molecular complexity index is 1460. The van der Waals surface area contributed by atoms with Crippen LogP contribution in [0, 0.1) is 0 Å². The first-order valence-electron chi connectivity index (χ1n) is 10.3. The number of halogens is 1. The Hall–Kier alpha value is -3.57. The molecule has 5 heteroatoms. The van der Waals surface area contributed by atoms with E-state index in [1.807, 2.05) is 49.4 Å². The molecular weight excluding hydrogens is 466 g/mol. The summed E-state index contributed by atoms with van der Waals surface area (Å²) in [5, 5.41) is 23.4. The second-order valence-corrected chi connectivity index (χ2v) is 8.37. The Kier molecular flexibility index (Phi) is 5.19. The summed E-state index contributed by atoms with van der Waals surface area (Å²) in [4.78, 5) is 4.94. The molecule has 5 aromatic rings. The smallest absolute Gasteiger partial charge is 0.172 e. The molecule has 0 amide bonds. The molecule has 5 rings (SSSR count). The number of aromatic nitrogens is 1. The highest BCUT2D eigenvalue weighted by Crippen LogP contribution is 2.42. The van der Waals surface area contributed by atoms with Crippen molar-refractivity contribution in [2.45, 2.75) is 6.92 Å². The van der Waals surface area contributed by atoms with Crippen LogP contribution in [0.1, 0.15) is 6.92 Å². The zero-order valence-electron chi connectivity index (χ0n) is 17.3. The Labute approximate surface area is 193 Å². The predicted molar refractivity (Wildman–Crippen MR) is 132 cm³/mol. The van der Waals surface area contributed by atoms with Gasteiger partial charge in [-0.15, -0.1) is 0 Å². The average Bonchev–Trinajstić information content (AvgIpc) is 2.81. The van der Waals surface area contributed by atoms with Gasteiger partial charge in [0.05, 0.1) is 22.3 Å². The lowest BCUT2D eigenvalue weighted by Gasteiger charge is -2.15. The first-order valence-corrected chi connectivity index (χ1v) is 11.1. The average molecular weight is 486 g/mol. The van der Waals surface area contributed by atoms with Crippen molar-refractivity contribution in [3.8, 4) is 39.6 Å². The van der Waals surface area contributed by atoms with Crippen LogP contribution < -0.4 is 4.74 Å². The number of hydrogen-bond donors (Lipinski definition) is 2. The minimum atomic E-state index is 0.0811. The van der Waals surface area contributed by atoms with Crippen LogP contribution in [0.3, 0.4) is 0 Å². The van der Waals surface area contributed by atoms with Crippen molar-refractivity contribution in [1.82, 2.24) is 4.98 Å². The maximum atomic E-state index is 10.4. The third-order valence-corrected chi connectivity index (χ3v) is 6.11. The van der Waals surface area contributed by atoms with E-state index < -0.39 is 0 Å². The van der Waals surface area contributed by atoms with Crippen LogP contribution in [0.25, 0.3) is 44.1 Å². The van der Waals surface area contributed by atoms with E-state index in [4.69, 9.17) is 9.72 Å². The van der Waals surface area contributed by atoms with Crippen LogP contribution in [0.2, 0.25) is 0 Å². The number of ether oxygens (including phenoxy) is 1. The summed E-state index contributed by atoms with van der Waals surface area (Å²) in [5.41, 5.74) is 4.46. The molecular formula is C27H20BrNO3. The number of pyridine rings is 1. The fourth-order valence-electron chi connectivity index (χ4n) is 4.01. The maximum absolute atomic E-state index is 10.4. The van der Waals surface area contributed by atoms with E-state index >= 15 is 0 Å². The van der Waals surface area contributed by atoms with Gasteiger partial charge in [-0.2, -0.15) is 0 Å². The van der Waals surface area contributed by atoms with E-state index in [-0.39, 0.29) is 11.5 Å². The molecule has 0 aliphatic carbocycles. The van der Waals surface area contributed by atoms with Crippen LogP contribution in [-0.2, 0) is 0 Å². The van der Waals surface area contributed by atoms with Gasteiger partial charge >= 0.3 is 0 Å². The van der Waals surface area contributed by atoms with Gasteiger partial charge in [0.15, 0.2) is 11.5 Å². The van der Waals surface area contributed by atoms with Gasteiger partial charge in [-0.3, -0.25) is 0 Å². The highest BCUT2D eigenvalue weighted by Gasteiger charge is 2.16. The second-order valence-electron chi connectivity index (χ2n) is 7.52. The third-order valence-electron chi connectivity index (χ3n) is 5.50. The fraction of sp³-hybridized carbons (Fsp3) is 0.0741. The second kappa shape index (κ2) is 8.17. The monoisotopic (exact) mass is 485 g/mol. The molecule has 0 aliphatic rings. The molecule has 32 heavy (non-hydrogen) atoms. The van der Waals surface area contributed by atoms with Crippen LogP contribution in [0.15, 0.2) is 83.3 Å². The Morgan fingerprint density at radius 1 is 0.875 bits per heavy atom. The molecule has 0 fully saturated rings. The summed E-state index contributed by atoms with van der Waals surface area (Å²) in [6.07, 6.45) is 0. The zero-order valence-corrected chi connectivity index (χ0v) is 18.9. The summed E-state index contributed by atoms with van der Waals surface area (Å²) in [6, 6.07) is 25.2. The molecule has 4 nitrogen and oxygen atoms in total. The van der Waals surface area contributed by atoms with Crippen molar-refractivity contribution in [1.29, 1.82) is 0 Å². The Morgan fingerprint density at radius 3 is 2.44 bits per heavy atom. The van der Waals surface area contributed by atoms with Gasteiger partial charge in [0, 0.05) is 10.9 Å². The van der Waals surface area contributed by atoms with E-state index in [0.29, 0.717) is 16.8 Å². The molecule has 0 spiro atoms. The highest BCUT2D eigenvalue weighted by atomic mass is 79.9. The predicted octanol–water partition coefficient (Wildman–Crippen LogP) is 7.29. The van der Waals surface area contributed by atoms with E-state index in [9.17, 15) is 10.2 Å². The van der Waals surface area contributed by atoms with Crippen molar-refractivity contribution >= 4 is 37.6 Å². The summed E-state index contributed by atoms with van der Waals surface area (Å²) in [6.45, 7) is 2.33. The van der Waals surface area contributed by atoms with E-state index in [2.05, 4.69) is 40.2 Å². The first kappa shape index (κ1) is 20.3. The van der Waals surface area contributed by atoms with Crippen molar-refractivity contribution in [2.24, 2.45) is 0 Å². The number of phenols is 2. The van der Waals surface area contributed by atoms with E-state index in [1.54, 1.807) is 12.1 Å². The Morgan fingerprint density at radius 2 is 1.66 bits per heavy atom. The van der Waals surface area contributed by atoms with Gasteiger partial charge in [0.1, 0.15) is 5.75 Å². The van der Waals surface area contributed by atoms with Crippen molar-refractivity contribution in [3.05, 3.63) is 83.3 Å². The van der Waals surface area contributed by atoms with Crippen LogP contribution in [0.5, 0.6) is 17.2 Å². The summed E-state index contributed by atoms with van der Waals surface area (Å²) >= 11 is 3.48. The number of aromatic hydroxyl groups is 2. The van der Waals surface area contributed by atoms with Crippen LogP contribution in [0.4, 0.5) is 0 Å². The van der Waals surface area contributed by atoms with Gasteiger partial charge in [-0.05, 0) is 93.3 Å². The molecule has 0 bridgehead atoms. The number of nitrogens with zero attached hydrogens (tertiary/aromatic N) is 1. The SMILES string of the molecule is CCOc1cc(-c2cc(-c3ccc(O)cc3)nc3ccc4ccccc4c23)cc(Br)c1O. The highest BCUT2D eigenvalue weighted by molar-refractivity contribution is 9.10. The lowest BCUT2D eigenvalue weighted by molar-refractivity contribution is 0.317. The molecule has 158 valence electrons. The molecule has 0 unspecified atom stereocenters. The fourth-order valence-corrected chi connectivity index (χ4v) is 4.45. The minimum absolute atomic E-state index is 0.0811. The van der Waals surface area contributed by atoms with Crippen molar-refractivity contribution in [3.63, 3.8) is 0 Å². The normalized spacial score (nSPS) is 11.2. The molecule has 1 aromatic heterocycles. The van der Waals surface area contributed by atoms with Crippen LogP contribution >= 0.6 is 15.9 Å². The van der Waals surface area contributed by atoms with Crippen LogP contribution in [-0.4, -0.2) is 21.8 Å². The number of hydrogen-bond acceptors (Lipinski definition) is 4. The minimum Gasteiger partial charge on any atom is -0.508 e. The molecule has 0 radical (unpaired) electrons. The number of phenolic OH excluding ortho intramolecular Hbond substituents is 2. The van der Waals surface area contributed by atoms with Gasteiger partial charge in [-0.1, -0.05) is 30.3 Å². The van der Waals surface area contributed by atoms with Crippen molar-refractivity contribution in [2.75, 3.05) is 6.61 Å². The quantitative estimate of drug-likeness (QED) is 0.262. The molecule has 0 atom stereocenters. The van der Waals surface area contributed by atoms with E-state index in [1.165, 1.54) is 0 Å². The molecule has 1 heterocycles. The van der Waals surface area contributed by atoms with Crippen molar-refractivity contribution < 1.29 is 14.9 Å². The molecule has 0 saturated heterocycles. The van der Waals surface area contributed by atoms with Gasteiger partial charge < -0.3 is 14.9 Å². The summed E-state index contributed by atoms with van der Waals surface area (Å²) < 4.78 is 6.25. The number of benzene rings is 4. The van der Waals surface area contributed by atoms with Gasteiger partial charge in [0.25, 0.3) is 0 Å².